The maximum absolute atomic E-state index is 5.82. The van der Waals surface area contributed by atoms with Crippen LogP contribution in [0.3, 0.4) is 0 Å². The highest BCUT2D eigenvalue weighted by Gasteiger charge is 2.06. The van der Waals surface area contributed by atoms with Gasteiger partial charge in [0, 0.05) is 27.6 Å². The number of hydrogen-bond donors (Lipinski definition) is 1. The van der Waals surface area contributed by atoms with E-state index in [1.54, 1.807) is 11.3 Å². The van der Waals surface area contributed by atoms with Gasteiger partial charge in [0.1, 0.15) is 0 Å². The van der Waals surface area contributed by atoms with E-state index in [-0.39, 0.29) is 0 Å². The molecule has 0 fully saturated rings. The zero-order chi connectivity index (χ0) is 15.1. The molecule has 2 rings (SSSR count). The first-order chi connectivity index (χ1) is 10.1. The van der Waals surface area contributed by atoms with Crippen molar-refractivity contribution in [2.24, 2.45) is 5.92 Å². The molecule has 0 aliphatic rings. The smallest absolute Gasteiger partial charge is 0.0727 e. The summed E-state index contributed by atoms with van der Waals surface area (Å²) in [5, 5.41) is 5.62. The Labute approximate surface area is 136 Å². The largest absolute Gasteiger partial charge is 0.376 e. The zero-order valence-corrected chi connectivity index (χ0v) is 14.8. The van der Waals surface area contributed by atoms with Crippen molar-refractivity contribution >= 4 is 22.7 Å². The minimum Gasteiger partial charge on any atom is -0.376 e. The van der Waals surface area contributed by atoms with Gasteiger partial charge in [0.05, 0.1) is 13.2 Å². The average molecular weight is 324 g/mol. The van der Waals surface area contributed by atoms with E-state index < -0.39 is 0 Å². The summed E-state index contributed by atoms with van der Waals surface area (Å²) in [4.78, 5) is 4.19. The van der Waals surface area contributed by atoms with E-state index in [0.717, 1.165) is 32.7 Å². The summed E-state index contributed by atoms with van der Waals surface area (Å²) in [6, 6.07) is 6.56. The lowest BCUT2D eigenvalue weighted by molar-refractivity contribution is 0.124. The van der Waals surface area contributed by atoms with E-state index in [0.29, 0.717) is 5.92 Å². The average Bonchev–Trinajstić information content (AvgIpc) is 3.05. The fraction of sp³-hybridized carbons (Fsp3) is 0.529. The van der Waals surface area contributed by atoms with Crippen molar-refractivity contribution in [1.29, 1.82) is 0 Å². The third-order valence-corrected chi connectivity index (χ3v) is 5.28. The van der Waals surface area contributed by atoms with Gasteiger partial charge in [-0.05, 0) is 42.5 Å². The van der Waals surface area contributed by atoms with Gasteiger partial charge in [0.15, 0.2) is 0 Å². The molecule has 0 saturated heterocycles. The predicted octanol–water partition coefficient (Wildman–Crippen LogP) is 4.62. The van der Waals surface area contributed by atoms with Gasteiger partial charge in [-0.15, -0.1) is 22.7 Å². The van der Waals surface area contributed by atoms with Crippen molar-refractivity contribution in [3.05, 3.63) is 43.8 Å². The molecule has 2 aromatic heterocycles. The zero-order valence-electron chi connectivity index (χ0n) is 13.1. The molecule has 0 aliphatic carbocycles. The van der Waals surface area contributed by atoms with Crippen molar-refractivity contribution in [3.63, 3.8) is 0 Å². The Bertz CT molecular complexity index is 517. The molecule has 4 heteroatoms. The predicted molar refractivity (Wildman–Crippen MR) is 93.3 cm³/mol. The maximum Gasteiger partial charge on any atom is 0.0727 e. The molecule has 2 heterocycles. The van der Waals surface area contributed by atoms with Gasteiger partial charge in [0.25, 0.3) is 0 Å². The fourth-order valence-corrected chi connectivity index (χ4v) is 3.82. The summed E-state index contributed by atoms with van der Waals surface area (Å²) in [6.07, 6.45) is 1.02. The molecule has 0 aliphatic heterocycles. The second-order valence-corrected chi connectivity index (χ2v) is 8.07. The van der Waals surface area contributed by atoms with Gasteiger partial charge < -0.3 is 10.1 Å². The number of hydrogen-bond acceptors (Lipinski definition) is 4. The van der Waals surface area contributed by atoms with Crippen LogP contribution in [-0.2, 0) is 24.3 Å². The molecular formula is C17H25NOS2. The second kappa shape index (κ2) is 8.69. The van der Waals surface area contributed by atoms with Crippen LogP contribution in [-0.4, -0.2) is 13.2 Å². The molecule has 0 aromatic carbocycles. The summed E-state index contributed by atoms with van der Waals surface area (Å²) in [7, 11) is 0. The van der Waals surface area contributed by atoms with Crippen LogP contribution in [0, 0.1) is 12.8 Å². The third-order valence-electron chi connectivity index (χ3n) is 3.25. The quantitative estimate of drug-likeness (QED) is 0.680. The van der Waals surface area contributed by atoms with Crippen LogP contribution in [0.5, 0.6) is 0 Å². The minimum absolute atomic E-state index is 0.700. The molecule has 116 valence electrons. The Hall–Kier alpha value is -0.680. The fourth-order valence-electron chi connectivity index (χ4n) is 2.11. The van der Waals surface area contributed by atoms with E-state index in [4.69, 9.17) is 4.74 Å². The van der Waals surface area contributed by atoms with Gasteiger partial charge in [-0.3, -0.25) is 0 Å². The molecule has 0 amide bonds. The minimum atomic E-state index is 0.700. The van der Waals surface area contributed by atoms with Crippen LogP contribution < -0.4 is 5.32 Å². The van der Waals surface area contributed by atoms with Crippen molar-refractivity contribution in [2.75, 3.05) is 13.2 Å². The van der Waals surface area contributed by atoms with Crippen molar-refractivity contribution in [3.8, 4) is 0 Å². The molecule has 0 radical (unpaired) electrons. The topological polar surface area (TPSA) is 21.3 Å². The number of ether oxygens (including phenoxy) is 1. The Balaban J connectivity index is 1.71. The van der Waals surface area contributed by atoms with E-state index in [1.807, 2.05) is 11.3 Å². The van der Waals surface area contributed by atoms with Crippen LogP contribution in [0.4, 0.5) is 0 Å². The summed E-state index contributed by atoms with van der Waals surface area (Å²) in [6.45, 7) is 10.2. The van der Waals surface area contributed by atoms with Gasteiger partial charge >= 0.3 is 0 Å². The molecule has 0 unspecified atom stereocenters. The van der Waals surface area contributed by atoms with Gasteiger partial charge in [-0.1, -0.05) is 19.9 Å². The Morgan fingerprint density at radius 1 is 1.29 bits per heavy atom. The highest BCUT2D eigenvalue weighted by atomic mass is 32.1. The SMILES string of the molecule is Cc1sc(CNCC(C)C)cc1COCCc1cccs1. The lowest BCUT2D eigenvalue weighted by Crippen LogP contribution is -2.18. The molecule has 21 heavy (non-hydrogen) atoms. The molecule has 0 saturated carbocycles. The normalized spacial score (nSPS) is 11.4. The molecule has 0 bridgehead atoms. The highest BCUT2D eigenvalue weighted by Crippen LogP contribution is 2.22. The third kappa shape index (κ3) is 5.91. The number of nitrogens with one attached hydrogen (secondary N) is 1. The van der Waals surface area contributed by atoms with E-state index in [9.17, 15) is 0 Å². The lowest BCUT2D eigenvalue weighted by atomic mass is 10.2. The van der Waals surface area contributed by atoms with Crippen molar-refractivity contribution < 1.29 is 4.74 Å². The van der Waals surface area contributed by atoms with Crippen LogP contribution in [0.2, 0.25) is 0 Å². The van der Waals surface area contributed by atoms with Crippen LogP contribution >= 0.6 is 22.7 Å². The maximum atomic E-state index is 5.82. The highest BCUT2D eigenvalue weighted by molar-refractivity contribution is 7.12. The standard InChI is InChI=1S/C17H25NOS2/c1-13(2)10-18-11-17-9-15(14(3)21-17)12-19-7-6-16-5-4-8-20-16/h4-5,8-9,13,18H,6-7,10-12H2,1-3H3. The van der Waals surface area contributed by atoms with E-state index in [1.165, 1.54) is 20.2 Å². The second-order valence-electron chi connectivity index (χ2n) is 5.70. The van der Waals surface area contributed by atoms with E-state index >= 15 is 0 Å². The van der Waals surface area contributed by atoms with E-state index in [2.05, 4.69) is 49.7 Å². The van der Waals surface area contributed by atoms with Crippen molar-refractivity contribution in [1.82, 2.24) is 5.32 Å². The number of thiophene rings is 2. The molecule has 1 N–H and O–H groups in total. The summed E-state index contributed by atoms with van der Waals surface area (Å²) in [5.74, 6) is 0.700. The first-order valence-corrected chi connectivity index (χ1v) is 9.23. The summed E-state index contributed by atoms with van der Waals surface area (Å²) in [5.41, 5.74) is 1.34. The number of rotatable bonds is 9. The van der Waals surface area contributed by atoms with Gasteiger partial charge in [0.2, 0.25) is 0 Å². The summed E-state index contributed by atoms with van der Waals surface area (Å²) >= 11 is 3.68. The lowest BCUT2D eigenvalue weighted by Gasteiger charge is -2.05. The van der Waals surface area contributed by atoms with Gasteiger partial charge in [-0.2, -0.15) is 0 Å². The Morgan fingerprint density at radius 2 is 2.14 bits per heavy atom. The monoisotopic (exact) mass is 323 g/mol. The first-order valence-electron chi connectivity index (χ1n) is 7.54. The summed E-state index contributed by atoms with van der Waals surface area (Å²) < 4.78 is 5.82. The molecule has 0 spiro atoms. The molecular weight excluding hydrogens is 298 g/mol. The van der Waals surface area contributed by atoms with Crippen LogP contribution in [0.25, 0.3) is 0 Å². The molecule has 0 atom stereocenters. The Morgan fingerprint density at radius 3 is 2.86 bits per heavy atom. The Kier molecular flexibility index (Phi) is 6.90. The van der Waals surface area contributed by atoms with Crippen LogP contribution in [0.15, 0.2) is 23.6 Å². The molecule has 2 aromatic rings. The van der Waals surface area contributed by atoms with Gasteiger partial charge in [-0.25, -0.2) is 0 Å². The molecule has 2 nitrogen and oxygen atoms in total. The first kappa shape index (κ1) is 16.7. The van der Waals surface area contributed by atoms with Crippen molar-refractivity contribution in [2.45, 2.75) is 40.3 Å². The van der Waals surface area contributed by atoms with Crippen LogP contribution in [0.1, 0.15) is 34.0 Å². The number of aryl methyl sites for hydroxylation is 1.